The summed E-state index contributed by atoms with van der Waals surface area (Å²) in [6.07, 6.45) is 1.27. The second-order valence-electron chi connectivity index (χ2n) is 4.15. The summed E-state index contributed by atoms with van der Waals surface area (Å²) >= 11 is 0. The first kappa shape index (κ1) is 10.7. The van der Waals surface area contributed by atoms with E-state index in [1.807, 2.05) is 0 Å². The monoisotopic (exact) mass is 195 g/mol. The van der Waals surface area contributed by atoms with Crippen molar-refractivity contribution in [1.82, 2.24) is 0 Å². The highest BCUT2D eigenvalue weighted by Crippen LogP contribution is 2.08. The van der Waals surface area contributed by atoms with Crippen LogP contribution in [0.4, 0.5) is 4.39 Å². The lowest BCUT2D eigenvalue weighted by molar-refractivity contribution is -0.530. The van der Waals surface area contributed by atoms with Crippen molar-refractivity contribution in [3.05, 3.63) is 40.9 Å². The summed E-state index contributed by atoms with van der Waals surface area (Å²) in [6, 6.07) is 6.21. The van der Waals surface area contributed by atoms with Crippen LogP contribution in [-0.2, 0) is 0 Å². The van der Waals surface area contributed by atoms with Gasteiger partial charge in [0.2, 0.25) is 0 Å². The van der Waals surface area contributed by atoms with Gasteiger partial charge in [0.15, 0.2) is 11.8 Å². The number of hydrogen-bond acceptors (Lipinski definition) is 1. The molecule has 76 valence electrons. The molecule has 1 aromatic rings. The number of hydrogen-bond donors (Lipinski definition) is 0. The summed E-state index contributed by atoms with van der Waals surface area (Å²) in [4.78, 5) is 0. The Morgan fingerprint density at radius 3 is 2.36 bits per heavy atom. The van der Waals surface area contributed by atoms with Gasteiger partial charge < -0.3 is 5.21 Å². The van der Waals surface area contributed by atoms with Crippen LogP contribution in [-0.4, -0.2) is 16.5 Å². The topological polar surface area (TPSA) is 26.1 Å². The van der Waals surface area contributed by atoms with Crippen LogP contribution in [0.15, 0.2) is 24.3 Å². The number of halogens is 1. The molecular weight excluding hydrogens is 181 g/mol. The van der Waals surface area contributed by atoms with Crippen molar-refractivity contribution in [2.75, 3.05) is 0 Å². The zero-order valence-electron chi connectivity index (χ0n) is 8.62. The smallest absolute Gasteiger partial charge is 0.185 e. The van der Waals surface area contributed by atoms with Gasteiger partial charge in [0.1, 0.15) is 5.82 Å². The van der Waals surface area contributed by atoms with Crippen LogP contribution in [0.5, 0.6) is 0 Å². The molecule has 1 aromatic carbocycles. The van der Waals surface area contributed by atoms with Crippen LogP contribution in [0.3, 0.4) is 0 Å². The van der Waals surface area contributed by atoms with Crippen molar-refractivity contribution in [1.29, 1.82) is 0 Å². The average molecular weight is 195 g/mol. The number of rotatable bonds is 1. The maximum absolute atomic E-state index is 13.1. The van der Waals surface area contributed by atoms with Crippen molar-refractivity contribution in [2.45, 2.75) is 26.3 Å². The van der Waals surface area contributed by atoms with Gasteiger partial charge in [-0.05, 0) is 12.1 Å². The fourth-order valence-corrected chi connectivity index (χ4v) is 0.900. The minimum atomic E-state index is -0.539. The minimum absolute atomic E-state index is 0.317. The van der Waals surface area contributed by atoms with Crippen molar-refractivity contribution in [2.24, 2.45) is 0 Å². The van der Waals surface area contributed by atoms with Crippen molar-refractivity contribution in [3.8, 4) is 0 Å². The van der Waals surface area contributed by atoms with Gasteiger partial charge in [-0.25, -0.2) is 9.13 Å². The van der Waals surface area contributed by atoms with Gasteiger partial charge in [-0.15, -0.1) is 0 Å². The van der Waals surface area contributed by atoms with Gasteiger partial charge in [-0.3, -0.25) is 0 Å². The van der Waals surface area contributed by atoms with Crippen LogP contribution >= 0.6 is 0 Å². The molecule has 0 saturated carbocycles. The van der Waals surface area contributed by atoms with Gasteiger partial charge in [0, 0.05) is 20.8 Å². The lowest BCUT2D eigenvalue weighted by Crippen LogP contribution is -2.29. The van der Waals surface area contributed by atoms with Gasteiger partial charge >= 0.3 is 0 Å². The molecule has 0 aliphatic rings. The molecular formula is C11H14FNO. The molecule has 0 saturated heterocycles. The number of hydroxylamine groups is 1. The molecule has 0 N–H and O–H groups in total. The molecule has 3 heteroatoms. The highest BCUT2D eigenvalue weighted by atomic mass is 19.1. The van der Waals surface area contributed by atoms with E-state index in [1.54, 1.807) is 39.0 Å². The quantitative estimate of drug-likeness (QED) is 0.293. The maximum Gasteiger partial charge on any atom is 0.185 e. The lowest BCUT2D eigenvalue weighted by Gasteiger charge is -2.18. The van der Waals surface area contributed by atoms with Gasteiger partial charge in [0.25, 0.3) is 0 Å². The van der Waals surface area contributed by atoms with Crippen LogP contribution in [0, 0.1) is 11.0 Å². The Bertz CT molecular complexity index is 353. The van der Waals surface area contributed by atoms with Crippen LogP contribution < -0.4 is 0 Å². The fraction of sp³-hybridized carbons (Fsp3) is 0.364. The second-order valence-corrected chi connectivity index (χ2v) is 4.15. The Morgan fingerprint density at radius 1 is 1.29 bits per heavy atom. The van der Waals surface area contributed by atoms with Crippen molar-refractivity contribution >= 4 is 6.21 Å². The molecule has 2 nitrogen and oxygen atoms in total. The molecule has 14 heavy (non-hydrogen) atoms. The van der Waals surface area contributed by atoms with Gasteiger partial charge in [-0.2, -0.15) is 0 Å². The zero-order valence-corrected chi connectivity index (χ0v) is 8.62. The van der Waals surface area contributed by atoms with E-state index >= 15 is 0 Å². The third kappa shape index (κ3) is 2.55. The van der Waals surface area contributed by atoms with Gasteiger partial charge in [-0.1, -0.05) is 12.1 Å². The Balaban J connectivity index is 3.04. The van der Waals surface area contributed by atoms with Gasteiger partial charge in [0.05, 0.1) is 5.56 Å². The molecule has 0 atom stereocenters. The first-order valence-electron chi connectivity index (χ1n) is 4.47. The SMILES string of the molecule is CC(C)(C)/[N+]([O-])=C/c1ccccc1F. The van der Waals surface area contributed by atoms with E-state index in [0.717, 1.165) is 4.74 Å². The molecule has 0 bridgehead atoms. The number of nitrogens with zero attached hydrogens (tertiary/aromatic N) is 1. The first-order chi connectivity index (χ1) is 6.41. The predicted octanol–water partition coefficient (Wildman–Crippen LogP) is 2.55. The molecule has 0 fully saturated rings. The molecule has 0 aliphatic carbocycles. The summed E-state index contributed by atoms with van der Waals surface area (Å²) in [5, 5.41) is 11.5. The maximum atomic E-state index is 13.1. The molecule has 0 aliphatic heterocycles. The first-order valence-corrected chi connectivity index (χ1v) is 4.47. The third-order valence-corrected chi connectivity index (χ3v) is 1.82. The normalized spacial score (nSPS) is 13.0. The van der Waals surface area contributed by atoms with Crippen LogP contribution in [0.2, 0.25) is 0 Å². The summed E-state index contributed by atoms with van der Waals surface area (Å²) in [6.45, 7) is 5.33. The van der Waals surface area contributed by atoms with E-state index in [2.05, 4.69) is 0 Å². The van der Waals surface area contributed by atoms with Crippen molar-refractivity contribution in [3.63, 3.8) is 0 Å². The standard InChI is InChI=1S/C11H14FNO/c1-11(2,3)13(14)8-9-6-4-5-7-10(9)12/h4-8H,1-3H3/b13-8-. The van der Waals surface area contributed by atoms with E-state index in [-0.39, 0.29) is 5.82 Å². The molecule has 1 rings (SSSR count). The van der Waals surface area contributed by atoms with E-state index in [4.69, 9.17) is 0 Å². The largest absolute Gasteiger partial charge is 0.623 e. The third-order valence-electron chi connectivity index (χ3n) is 1.82. The Kier molecular flexibility index (Phi) is 2.89. The van der Waals surface area contributed by atoms with E-state index in [1.165, 1.54) is 12.3 Å². The van der Waals surface area contributed by atoms with E-state index in [0.29, 0.717) is 5.56 Å². The second kappa shape index (κ2) is 3.78. The predicted molar refractivity (Wildman–Crippen MR) is 54.9 cm³/mol. The van der Waals surface area contributed by atoms with E-state index in [9.17, 15) is 9.60 Å². The zero-order chi connectivity index (χ0) is 10.8. The van der Waals surface area contributed by atoms with E-state index < -0.39 is 5.54 Å². The Labute approximate surface area is 83.3 Å². The average Bonchev–Trinajstić information content (AvgIpc) is 2.07. The molecule has 0 aromatic heterocycles. The minimum Gasteiger partial charge on any atom is -0.623 e. The summed E-state index contributed by atoms with van der Waals surface area (Å²) in [7, 11) is 0. The summed E-state index contributed by atoms with van der Waals surface area (Å²) in [5.41, 5.74) is -0.222. The molecule has 0 spiro atoms. The fourth-order valence-electron chi connectivity index (χ4n) is 0.900. The highest BCUT2D eigenvalue weighted by Gasteiger charge is 2.18. The Hall–Kier alpha value is -1.38. The molecule has 0 heterocycles. The van der Waals surface area contributed by atoms with Crippen LogP contribution in [0.1, 0.15) is 26.3 Å². The van der Waals surface area contributed by atoms with Crippen molar-refractivity contribution < 1.29 is 9.13 Å². The lowest BCUT2D eigenvalue weighted by atomic mass is 10.1. The highest BCUT2D eigenvalue weighted by molar-refractivity contribution is 5.76. The summed E-state index contributed by atoms with van der Waals surface area (Å²) in [5.74, 6) is -0.377. The summed E-state index contributed by atoms with van der Waals surface area (Å²) < 4.78 is 13.9. The Morgan fingerprint density at radius 2 is 1.86 bits per heavy atom. The molecule has 0 amide bonds. The molecule has 0 unspecified atom stereocenters. The molecule has 0 radical (unpaired) electrons. The number of benzene rings is 1. The van der Waals surface area contributed by atoms with Crippen LogP contribution in [0.25, 0.3) is 0 Å².